The lowest BCUT2D eigenvalue weighted by Crippen LogP contribution is -2.13. The van der Waals surface area contributed by atoms with E-state index in [0.717, 1.165) is 10.9 Å². The summed E-state index contributed by atoms with van der Waals surface area (Å²) in [6, 6.07) is 0. The van der Waals surface area contributed by atoms with Crippen LogP contribution in [0.3, 0.4) is 0 Å². The smallest absolute Gasteiger partial charge is 0.263 e. The zero-order valence-corrected chi connectivity index (χ0v) is 8.52. The van der Waals surface area contributed by atoms with Crippen LogP contribution in [0.1, 0.15) is 5.69 Å². The number of aryl methyl sites for hydroxylation is 2. The monoisotopic (exact) mass is 231 g/mol. The molecule has 0 unspecified atom stereocenters. The van der Waals surface area contributed by atoms with E-state index < -0.39 is 11.9 Å². The first kappa shape index (κ1) is 10.7. The average molecular weight is 231 g/mol. The Morgan fingerprint density at radius 3 is 2.44 bits per heavy atom. The van der Waals surface area contributed by atoms with E-state index in [0.29, 0.717) is 0 Å². The molecule has 2 aromatic rings. The predicted octanol–water partition coefficient (Wildman–Crippen LogP) is 1.23. The van der Waals surface area contributed by atoms with Crippen molar-refractivity contribution in [2.75, 3.05) is 0 Å². The van der Waals surface area contributed by atoms with Crippen LogP contribution in [0.25, 0.3) is 11.3 Å². The molecule has 0 spiro atoms. The Morgan fingerprint density at radius 2 is 1.94 bits per heavy atom. The maximum atomic E-state index is 12.7. The van der Waals surface area contributed by atoms with Gasteiger partial charge in [0.15, 0.2) is 5.69 Å². The SMILES string of the molecule is Cn1cc(-c2cnn(C)c2C(F)(F)F)nn1. The molecule has 0 bridgehead atoms. The summed E-state index contributed by atoms with van der Waals surface area (Å²) < 4.78 is 40.3. The van der Waals surface area contributed by atoms with E-state index in [4.69, 9.17) is 0 Å². The number of halogens is 3. The molecule has 0 aliphatic rings. The van der Waals surface area contributed by atoms with Crippen LogP contribution in [0.15, 0.2) is 12.4 Å². The van der Waals surface area contributed by atoms with E-state index in [-0.39, 0.29) is 11.3 Å². The van der Waals surface area contributed by atoms with Gasteiger partial charge in [0.05, 0.1) is 18.0 Å². The molecule has 8 heteroatoms. The minimum absolute atomic E-state index is 0.0666. The van der Waals surface area contributed by atoms with Crippen molar-refractivity contribution in [3.8, 4) is 11.3 Å². The number of hydrogen-bond acceptors (Lipinski definition) is 3. The van der Waals surface area contributed by atoms with Gasteiger partial charge in [0.2, 0.25) is 0 Å². The Morgan fingerprint density at radius 1 is 1.25 bits per heavy atom. The van der Waals surface area contributed by atoms with Gasteiger partial charge in [-0.05, 0) is 0 Å². The molecule has 0 fully saturated rings. The predicted molar refractivity (Wildman–Crippen MR) is 48.2 cm³/mol. The third-order valence-electron chi connectivity index (χ3n) is 2.09. The van der Waals surface area contributed by atoms with Crippen LogP contribution >= 0.6 is 0 Å². The summed E-state index contributed by atoms with van der Waals surface area (Å²) in [5, 5.41) is 10.8. The Bertz CT molecular complexity index is 510. The van der Waals surface area contributed by atoms with Crippen molar-refractivity contribution in [3.63, 3.8) is 0 Å². The standard InChI is InChI=1S/C8H8F3N5/c1-15-4-6(13-14-15)5-3-12-16(2)7(5)8(9,10)11/h3-4H,1-2H3. The maximum absolute atomic E-state index is 12.7. The molecular formula is C8H8F3N5. The lowest BCUT2D eigenvalue weighted by Gasteiger charge is -2.08. The second-order valence-electron chi connectivity index (χ2n) is 3.31. The number of rotatable bonds is 1. The maximum Gasteiger partial charge on any atom is 0.433 e. The zero-order valence-electron chi connectivity index (χ0n) is 8.52. The molecule has 0 aromatic carbocycles. The van der Waals surface area contributed by atoms with Crippen LogP contribution in [0, 0.1) is 0 Å². The van der Waals surface area contributed by atoms with Gasteiger partial charge in [-0.3, -0.25) is 9.36 Å². The van der Waals surface area contributed by atoms with Gasteiger partial charge in [0, 0.05) is 14.1 Å². The molecule has 16 heavy (non-hydrogen) atoms. The quantitative estimate of drug-likeness (QED) is 0.741. The van der Waals surface area contributed by atoms with Crippen LogP contribution in [0.4, 0.5) is 13.2 Å². The molecule has 86 valence electrons. The average Bonchev–Trinajstić information content (AvgIpc) is 2.70. The van der Waals surface area contributed by atoms with E-state index in [1.165, 1.54) is 17.9 Å². The van der Waals surface area contributed by atoms with Gasteiger partial charge in [-0.1, -0.05) is 5.21 Å². The minimum Gasteiger partial charge on any atom is -0.263 e. The lowest BCUT2D eigenvalue weighted by molar-refractivity contribution is -0.143. The first-order valence-electron chi connectivity index (χ1n) is 4.35. The van der Waals surface area contributed by atoms with Gasteiger partial charge in [-0.2, -0.15) is 18.3 Å². The van der Waals surface area contributed by atoms with Crippen LogP contribution in [-0.4, -0.2) is 24.8 Å². The number of nitrogens with zero attached hydrogens (tertiary/aromatic N) is 5. The van der Waals surface area contributed by atoms with E-state index in [9.17, 15) is 13.2 Å². The third-order valence-corrected chi connectivity index (χ3v) is 2.09. The summed E-state index contributed by atoms with van der Waals surface area (Å²) in [6.07, 6.45) is -1.92. The number of hydrogen-bond donors (Lipinski definition) is 0. The zero-order chi connectivity index (χ0) is 11.9. The molecule has 0 amide bonds. The molecule has 5 nitrogen and oxygen atoms in total. The number of aromatic nitrogens is 5. The fourth-order valence-electron chi connectivity index (χ4n) is 1.43. The fourth-order valence-corrected chi connectivity index (χ4v) is 1.43. The molecule has 0 N–H and O–H groups in total. The molecule has 0 atom stereocenters. The van der Waals surface area contributed by atoms with Gasteiger partial charge < -0.3 is 0 Å². The molecule has 0 radical (unpaired) electrons. The van der Waals surface area contributed by atoms with E-state index in [1.807, 2.05) is 0 Å². The molecule has 0 aliphatic heterocycles. The highest BCUT2D eigenvalue weighted by atomic mass is 19.4. The van der Waals surface area contributed by atoms with Gasteiger partial charge in [-0.15, -0.1) is 5.10 Å². The Balaban J connectivity index is 2.58. The summed E-state index contributed by atoms with van der Waals surface area (Å²) in [7, 11) is 2.82. The van der Waals surface area contributed by atoms with Crippen molar-refractivity contribution in [1.29, 1.82) is 0 Å². The first-order valence-corrected chi connectivity index (χ1v) is 4.35. The molecule has 0 saturated heterocycles. The van der Waals surface area contributed by atoms with E-state index in [2.05, 4.69) is 15.4 Å². The molecule has 2 rings (SSSR count). The molecular weight excluding hydrogens is 223 g/mol. The van der Waals surface area contributed by atoms with Crippen LogP contribution < -0.4 is 0 Å². The van der Waals surface area contributed by atoms with Crippen molar-refractivity contribution >= 4 is 0 Å². The summed E-state index contributed by atoms with van der Waals surface area (Å²) in [6.45, 7) is 0. The second-order valence-corrected chi connectivity index (χ2v) is 3.31. The highest BCUT2D eigenvalue weighted by molar-refractivity contribution is 5.60. The second kappa shape index (κ2) is 3.32. The Hall–Kier alpha value is -1.86. The van der Waals surface area contributed by atoms with Crippen LogP contribution in [0.2, 0.25) is 0 Å². The summed E-state index contributed by atoms with van der Waals surface area (Å²) >= 11 is 0. The Kier molecular flexibility index (Phi) is 2.21. The van der Waals surface area contributed by atoms with Crippen molar-refractivity contribution in [2.24, 2.45) is 14.1 Å². The van der Waals surface area contributed by atoms with Crippen molar-refractivity contribution in [1.82, 2.24) is 24.8 Å². The van der Waals surface area contributed by atoms with Crippen LogP contribution in [0.5, 0.6) is 0 Å². The van der Waals surface area contributed by atoms with E-state index in [1.54, 1.807) is 7.05 Å². The van der Waals surface area contributed by atoms with Crippen molar-refractivity contribution in [3.05, 3.63) is 18.1 Å². The van der Waals surface area contributed by atoms with Crippen molar-refractivity contribution in [2.45, 2.75) is 6.18 Å². The van der Waals surface area contributed by atoms with Crippen LogP contribution in [-0.2, 0) is 20.3 Å². The summed E-state index contributed by atoms with van der Waals surface area (Å²) in [4.78, 5) is 0. The third kappa shape index (κ3) is 1.66. The summed E-state index contributed by atoms with van der Waals surface area (Å²) in [5.74, 6) is 0. The largest absolute Gasteiger partial charge is 0.433 e. The van der Waals surface area contributed by atoms with Gasteiger partial charge in [-0.25, -0.2) is 0 Å². The van der Waals surface area contributed by atoms with Gasteiger partial charge in [0.25, 0.3) is 0 Å². The normalized spacial score (nSPS) is 12.1. The minimum atomic E-state index is -4.46. The molecule has 0 aliphatic carbocycles. The highest BCUT2D eigenvalue weighted by Crippen LogP contribution is 2.35. The van der Waals surface area contributed by atoms with E-state index >= 15 is 0 Å². The highest BCUT2D eigenvalue weighted by Gasteiger charge is 2.38. The van der Waals surface area contributed by atoms with Gasteiger partial charge >= 0.3 is 6.18 Å². The first-order chi connectivity index (χ1) is 7.39. The number of alkyl halides is 3. The fraction of sp³-hybridized carbons (Fsp3) is 0.375. The van der Waals surface area contributed by atoms with Gasteiger partial charge in [0.1, 0.15) is 5.69 Å². The topological polar surface area (TPSA) is 48.5 Å². The summed E-state index contributed by atoms with van der Waals surface area (Å²) in [5.41, 5.74) is -0.737. The molecule has 2 aromatic heterocycles. The molecule has 0 saturated carbocycles. The Labute approximate surface area is 88.5 Å². The lowest BCUT2D eigenvalue weighted by atomic mass is 10.2. The van der Waals surface area contributed by atoms with Crippen molar-refractivity contribution < 1.29 is 13.2 Å². The molecule has 2 heterocycles.